The Bertz CT molecular complexity index is 366. The van der Waals surface area contributed by atoms with Crippen LogP contribution < -0.4 is 5.73 Å². The Morgan fingerprint density at radius 1 is 1.31 bits per heavy atom. The number of rotatable bonds is 2. The van der Waals surface area contributed by atoms with Crippen molar-refractivity contribution in [1.29, 1.82) is 0 Å². The molecule has 0 bridgehead atoms. The molecule has 2 rings (SSSR count). The highest BCUT2D eigenvalue weighted by atomic mass is 32.1. The summed E-state index contributed by atoms with van der Waals surface area (Å²) in [6, 6.07) is 3.99. The van der Waals surface area contributed by atoms with Crippen molar-refractivity contribution in [2.24, 2.45) is 5.73 Å². The predicted octanol–water partition coefficient (Wildman–Crippen LogP) is 1.66. The second kappa shape index (κ2) is 3.64. The largest absolute Gasteiger partial charge is 0.326 e. The Morgan fingerprint density at radius 3 is 2.62 bits per heavy atom. The van der Waals surface area contributed by atoms with E-state index in [0.717, 1.165) is 16.3 Å². The number of nitrogens with zero attached hydrogens (tertiary/aromatic N) is 2. The van der Waals surface area contributed by atoms with E-state index in [1.165, 1.54) is 0 Å². The molecule has 4 heteroatoms. The Hall–Kier alpha value is -1.26. The first-order chi connectivity index (χ1) is 6.40. The van der Waals surface area contributed by atoms with Crippen LogP contribution in [0.2, 0.25) is 0 Å². The summed E-state index contributed by atoms with van der Waals surface area (Å²) in [6.07, 6.45) is 3.53. The van der Waals surface area contributed by atoms with Gasteiger partial charge in [-0.15, -0.1) is 11.3 Å². The number of hydrogen-bond acceptors (Lipinski definition) is 4. The first kappa shape index (κ1) is 8.34. The summed E-state index contributed by atoms with van der Waals surface area (Å²) in [7, 11) is 0. The van der Waals surface area contributed by atoms with E-state index in [0.29, 0.717) is 6.54 Å². The van der Waals surface area contributed by atoms with Gasteiger partial charge in [-0.1, -0.05) is 6.07 Å². The summed E-state index contributed by atoms with van der Waals surface area (Å²) in [5.74, 6) is 0.771. The molecular formula is C9H9N3S. The normalized spacial score (nSPS) is 10.2. The summed E-state index contributed by atoms with van der Waals surface area (Å²) in [6.45, 7) is 0.491. The van der Waals surface area contributed by atoms with Crippen LogP contribution in [0.3, 0.4) is 0 Å². The molecule has 0 aromatic carbocycles. The van der Waals surface area contributed by atoms with Gasteiger partial charge in [0, 0.05) is 24.5 Å². The molecule has 2 N–H and O–H groups in total. The van der Waals surface area contributed by atoms with Gasteiger partial charge in [0.25, 0.3) is 0 Å². The standard InChI is InChI=1S/C9H9N3S/c10-4-7-5-11-9(12-6-7)8-2-1-3-13-8/h1-3,5-6H,4,10H2. The molecule has 2 heterocycles. The van der Waals surface area contributed by atoms with Crippen LogP contribution in [0, 0.1) is 0 Å². The van der Waals surface area contributed by atoms with Crippen LogP contribution in [0.15, 0.2) is 29.9 Å². The molecule has 0 amide bonds. The van der Waals surface area contributed by atoms with Gasteiger partial charge in [-0.2, -0.15) is 0 Å². The average molecular weight is 191 g/mol. The smallest absolute Gasteiger partial charge is 0.169 e. The van der Waals surface area contributed by atoms with Gasteiger partial charge in [0.15, 0.2) is 5.82 Å². The van der Waals surface area contributed by atoms with Gasteiger partial charge >= 0.3 is 0 Å². The van der Waals surface area contributed by atoms with Gasteiger partial charge in [0.2, 0.25) is 0 Å². The molecule has 2 aromatic rings. The van der Waals surface area contributed by atoms with Crippen LogP contribution in [0.4, 0.5) is 0 Å². The van der Waals surface area contributed by atoms with E-state index in [1.807, 2.05) is 17.5 Å². The molecule has 0 atom stereocenters. The van der Waals surface area contributed by atoms with Gasteiger partial charge in [0.1, 0.15) is 0 Å². The summed E-state index contributed by atoms with van der Waals surface area (Å²) in [5, 5.41) is 2.01. The van der Waals surface area contributed by atoms with E-state index >= 15 is 0 Å². The number of hydrogen-bond donors (Lipinski definition) is 1. The molecule has 66 valence electrons. The van der Waals surface area contributed by atoms with E-state index in [1.54, 1.807) is 23.7 Å². The van der Waals surface area contributed by atoms with Crippen LogP contribution in [-0.2, 0) is 6.54 Å². The van der Waals surface area contributed by atoms with Crippen molar-refractivity contribution < 1.29 is 0 Å². The van der Waals surface area contributed by atoms with Gasteiger partial charge in [-0.05, 0) is 11.4 Å². The summed E-state index contributed by atoms with van der Waals surface area (Å²) in [4.78, 5) is 9.51. The fraction of sp³-hybridized carbons (Fsp3) is 0.111. The lowest BCUT2D eigenvalue weighted by molar-refractivity contribution is 1.01. The zero-order valence-electron chi connectivity index (χ0n) is 6.97. The molecular weight excluding hydrogens is 182 g/mol. The fourth-order valence-electron chi connectivity index (χ4n) is 0.993. The van der Waals surface area contributed by atoms with Crippen LogP contribution >= 0.6 is 11.3 Å². The second-order valence-corrected chi connectivity index (χ2v) is 3.54. The van der Waals surface area contributed by atoms with Crippen molar-refractivity contribution in [2.45, 2.75) is 6.54 Å². The first-order valence-electron chi connectivity index (χ1n) is 3.95. The lowest BCUT2D eigenvalue weighted by Crippen LogP contribution is -1.98. The monoisotopic (exact) mass is 191 g/mol. The molecule has 0 saturated heterocycles. The molecule has 0 aliphatic carbocycles. The zero-order chi connectivity index (χ0) is 9.10. The van der Waals surface area contributed by atoms with Crippen LogP contribution in [-0.4, -0.2) is 9.97 Å². The number of aromatic nitrogens is 2. The summed E-state index contributed by atoms with van der Waals surface area (Å²) in [5.41, 5.74) is 6.40. The van der Waals surface area contributed by atoms with E-state index in [9.17, 15) is 0 Å². The minimum absolute atomic E-state index is 0.491. The molecule has 0 aliphatic rings. The van der Waals surface area contributed by atoms with Crippen molar-refractivity contribution in [3.8, 4) is 10.7 Å². The highest BCUT2D eigenvalue weighted by Crippen LogP contribution is 2.19. The minimum atomic E-state index is 0.491. The van der Waals surface area contributed by atoms with Crippen molar-refractivity contribution in [2.75, 3.05) is 0 Å². The van der Waals surface area contributed by atoms with Crippen LogP contribution in [0.1, 0.15) is 5.56 Å². The third-order valence-corrected chi connectivity index (χ3v) is 2.55. The topological polar surface area (TPSA) is 51.8 Å². The van der Waals surface area contributed by atoms with Crippen molar-refractivity contribution in [3.63, 3.8) is 0 Å². The Balaban J connectivity index is 2.33. The Kier molecular flexibility index (Phi) is 2.33. The molecule has 13 heavy (non-hydrogen) atoms. The van der Waals surface area contributed by atoms with Crippen molar-refractivity contribution in [3.05, 3.63) is 35.5 Å². The highest BCUT2D eigenvalue weighted by molar-refractivity contribution is 7.13. The number of nitrogens with two attached hydrogens (primary N) is 1. The van der Waals surface area contributed by atoms with E-state index in [2.05, 4.69) is 9.97 Å². The molecule has 0 unspecified atom stereocenters. The van der Waals surface area contributed by atoms with E-state index in [4.69, 9.17) is 5.73 Å². The maximum atomic E-state index is 5.44. The van der Waals surface area contributed by atoms with Gasteiger partial charge in [0.05, 0.1) is 4.88 Å². The third-order valence-electron chi connectivity index (χ3n) is 1.68. The van der Waals surface area contributed by atoms with Gasteiger partial charge < -0.3 is 5.73 Å². The molecule has 0 spiro atoms. The molecule has 0 fully saturated rings. The van der Waals surface area contributed by atoms with Gasteiger partial charge in [-0.3, -0.25) is 0 Å². The second-order valence-electron chi connectivity index (χ2n) is 2.60. The fourth-order valence-corrected chi connectivity index (χ4v) is 1.66. The maximum Gasteiger partial charge on any atom is 0.169 e. The summed E-state index contributed by atoms with van der Waals surface area (Å²) < 4.78 is 0. The van der Waals surface area contributed by atoms with Crippen LogP contribution in [0.25, 0.3) is 10.7 Å². The lowest BCUT2D eigenvalue weighted by atomic mass is 10.3. The molecule has 0 saturated carbocycles. The Labute approximate surface area is 80.3 Å². The van der Waals surface area contributed by atoms with Crippen LogP contribution in [0.5, 0.6) is 0 Å². The molecule has 0 aliphatic heterocycles. The lowest BCUT2D eigenvalue weighted by Gasteiger charge is -1.97. The Morgan fingerprint density at radius 2 is 2.08 bits per heavy atom. The van der Waals surface area contributed by atoms with Crippen molar-refractivity contribution >= 4 is 11.3 Å². The minimum Gasteiger partial charge on any atom is -0.326 e. The highest BCUT2D eigenvalue weighted by Gasteiger charge is 2.00. The SMILES string of the molecule is NCc1cnc(-c2cccs2)nc1. The molecule has 0 radical (unpaired) electrons. The number of thiophene rings is 1. The quantitative estimate of drug-likeness (QED) is 0.785. The zero-order valence-corrected chi connectivity index (χ0v) is 7.79. The van der Waals surface area contributed by atoms with E-state index in [-0.39, 0.29) is 0 Å². The van der Waals surface area contributed by atoms with E-state index < -0.39 is 0 Å². The first-order valence-corrected chi connectivity index (χ1v) is 4.83. The average Bonchev–Trinajstić information content (AvgIpc) is 2.71. The maximum absolute atomic E-state index is 5.44. The van der Waals surface area contributed by atoms with Crippen molar-refractivity contribution in [1.82, 2.24) is 9.97 Å². The third kappa shape index (κ3) is 1.74. The summed E-state index contributed by atoms with van der Waals surface area (Å²) >= 11 is 1.63. The van der Waals surface area contributed by atoms with Gasteiger partial charge in [-0.25, -0.2) is 9.97 Å². The molecule has 3 nitrogen and oxygen atoms in total. The predicted molar refractivity (Wildman–Crippen MR) is 53.2 cm³/mol. The molecule has 2 aromatic heterocycles.